The third-order valence-electron chi connectivity index (χ3n) is 6.12. The molecule has 5 rings (SSSR count). The van der Waals surface area contributed by atoms with E-state index in [0.717, 1.165) is 17.4 Å². The van der Waals surface area contributed by atoms with E-state index < -0.39 is 32.6 Å². The molecule has 2 saturated heterocycles. The normalized spacial score (nSPS) is 30.0. The first-order valence-corrected chi connectivity index (χ1v) is 12.3. The minimum Gasteiger partial charge on any atom is -0.342 e. The number of nitrogens with zero attached hydrogens (tertiary/aromatic N) is 2. The number of hydrogen-bond donors (Lipinski definition) is 1. The van der Waals surface area contributed by atoms with Crippen LogP contribution in [0.5, 0.6) is 0 Å². The fourth-order valence-electron chi connectivity index (χ4n) is 4.92. The van der Waals surface area contributed by atoms with Crippen LogP contribution < -0.4 is 9.62 Å². The average molecular weight is 490 g/mol. The Morgan fingerprint density at radius 1 is 1.10 bits per heavy atom. The summed E-state index contributed by atoms with van der Waals surface area (Å²) in [4.78, 5) is 28.0. The smallest absolute Gasteiger partial charge is 0.247 e. The van der Waals surface area contributed by atoms with E-state index in [1.54, 1.807) is 12.1 Å². The van der Waals surface area contributed by atoms with Gasteiger partial charge in [-0.1, -0.05) is 64.5 Å². The minimum absolute atomic E-state index is 0.255. The van der Waals surface area contributed by atoms with Crippen LogP contribution in [0.1, 0.15) is 17.5 Å². The number of alkyl halides is 1. The van der Waals surface area contributed by atoms with Gasteiger partial charge in [0.2, 0.25) is 21.8 Å². The van der Waals surface area contributed by atoms with Crippen LogP contribution in [0.2, 0.25) is 0 Å². The third kappa shape index (κ3) is 2.71. The number of carbonyl (C=O) groups is 2. The van der Waals surface area contributed by atoms with Crippen molar-refractivity contribution in [2.75, 3.05) is 10.6 Å². The number of benzene rings is 2. The van der Waals surface area contributed by atoms with Gasteiger partial charge in [0.25, 0.3) is 0 Å². The number of amides is 2. The van der Waals surface area contributed by atoms with Crippen molar-refractivity contribution in [3.05, 3.63) is 65.7 Å². The van der Waals surface area contributed by atoms with Gasteiger partial charge in [0.15, 0.2) is 0 Å². The van der Waals surface area contributed by atoms with Gasteiger partial charge in [-0.2, -0.15) is 0 Å². The zero-order valence-electron chi connectivity index (χ0n) is 16.2. The fourth-order valence-corrected chi connectivity index (χ4v) is 7.29. The van der Waals surface area contributed by atoms with Gasteiger partial charge in [-0.3, -0.25) is 9.59 Å². The third-order valence-corrected chi connectivity index (χ3v) is 8.39. The van der Waals surface area contributed by atoms with Crippen LogP contribution in [0.4, 0.5) is 5.69 Å². The summed E-state index contributed by atoms with van der Waals surface area (Å²) in [5.41, 5.74) is 2.24. The first-order chi connectivity index (χ1) is 14.2. The average Bonchev–Trinajstić information content (AvgIpc) is 3.14. The molecule has 2 aromatic rings. The van der Waals surface area contributed by atoms with Crippen molar-refractivity contribution in [2.45, 2.75) is 35.4 Å². The number of hydrogen-bond acceptors (Lipinski definition) is 4. The maximum absolute atomic E-state index is 13.5. The van der Waals surface area contributed by atoms with E-state index in [9.17, 15) is 18.0 Å². The SMILES string of the molecule is CS(=O)(=O)N1c2ccccc2[C@@]2(Br)C[C@H]3C(=O)N[C@@H](Cc4ccccc4)C(=O)N3[C@@H]12. The Balaban J connectivity index is 1.59. The number of fused-ring (bicyclic) bond motifs is 5. The second-order valence-electron chi connectivity index (χ2n) is 8.03. The molecule has 0 bridgehead atoms. The number of sulfonamides is 1. The summed E-state index contributed by atoms with van der Waals surface area (Å²) in [5, 5.41) is 2.85. The van der Waals surface area contributed by atoms with Crippen molar-refractivity contribution in [1.29, 1.82) is 0 Å². The number of para-hydroxylation sites is 1. The summed E-state index contributed by atoms with van der Waals surface area (Å²) < 4.78 is 26.0. The van der Waals surface area contributed by atoms with Crippen molar-refractivity contribution in [1.82, 2.24) is 10.2 Å². The zero-order valence-corrected chi connectivity index (χ0v) is 18.6. The second-order valence-corrected chi connectivity index (χ2v) is 11.3. The van der Waals surface area contributed by atoms with Gasteiger partial charge in [-0.25, -0.2) is 12.7 Å². The molecule has 0 saturated carbocycles. The van der Waals surface area contributed by atoms with Gasteiger partial charge >= 0.3 is 0 Å². The number of halogens is 1. The van der Waals surface area contributed by atoms with Crippen molar-refractivity contribution in [3.63, 3.8) is 0 Å². The molecule has 7 nitrogen and oxygen atoms in total. The molecule has 3 heterocycles. The van der Waals surface area contributed by atoms with Crippen molar-refractivity contribution >= 4 is 43.5 Å². The van der Waals surface area contributed by atoms with E-state index in [1.807, 2.05) is 42.5 Å². The topological polar surface area (TPSA) is 86.8 Å². The number of piperazine rings is 1. The van der Waals surface area contributed by atoms with Crippen LogP contribution in [0, 0.1) is 0 Å². The molecule has 0 spiro atoms. The number of carbonyl (C=O) groups excluding carboxylic acids is 2. The van der Waals surface area contributed by atoms with Gasteiger partial charge < -0.3 is 10.2 Å². The van der Waals surface area contributed by atoms with Crippen molar-refractivity contribution in [2.24, 2.45) is 0 Å². The molecule has 3 aliphatic heterocycles. The van der Waals surface area contributed by atoms with Gasteiger partial charge in [0, 0.05) is 12.8 Å². The lowest BCUT2D eigenvalue weighted by molar-refractivity contribution is -0.148. The van der Waals surface area contributed by atoms with Crippen LogP contribution in [-0.2, 0) is 30.4 Å². The van der Waals surface area contributed by atoms with Crippen LogP contribution in [0.25, 0.3) is 0 Å². The number of anilines is 1. The molecule has 0 aromatic heterocycles. The first kappa shape index (κ1) is 19.6. The molecular formula is C21H20BrN3O4S. The molecule has 0 aliphatic carbocycles. The van der Waals surface area contributed by atoms with Gasteiger partial charge in [0.05, 0.1) is 16.3 Å². The fraction of sp³-hybridized carbons (Fsp3) is 0.333. The molecule has 2 aromatic carbocycles. The Kier molecular flexibility index (Phi) is 4.27. The molecule has 1 N–H and O–H groups in total. The summed E-state index contributed by atoms with van der Waals surface area (Å²) in [7, 11) is -3.70. The molecule has 3 aliphatic rings. The van der Waals surface area contributed by atoms with E-state index in [1.165, 1.54) is 9.21 Å². The first-order valence-electron chi connectivity index (χ1n) is 9.66. The predicted molar refractivity (Wildman–Crippen MR) is 115 cm³/mol. The summed E-state index contributed by atoms with van der Waals surface area (Å²) in [6, 6.07) is 15.2. The Hall–Kier alpha value is -2.39. The Labute approximate surface area is 183 Å². The van der Waals surface area contributed by atoms with Crippen LogP contribution >= 0.6 is 15.9 Å². The summed E-state index contributed by atoms with van der Waals surface area (Å²) in [6.45, 7) is 0. The lowest BCUT2D eigenvalue weighted by Gasteiger charge is -2.41. The van der Waals surface area contributed by atoms with E-state index >= 15 is 0 Å². The minimum atomic E-state index is -3.70. The highest BCUT2D eigenvalue weighted by Gasteiger charge is 2.66. The Morgan fingerprint density at radius 2 is 1.77 bits per heavy atom. The lowest BCUT2D eigenvalue weighted by atomic mass is 9.95. The van der Waals surface area contributed by atoms with Crippen molar-refractivity contribution in [3.8, 4) is 0 Å². The predicted octanol–water partition coefficient (Wildman–Crippen LogP) is 1.72. The Morgan fingerprint density at radius 3 is 2.47 bits per heavy atom. The molecule has 9 heteroatoms. The highest BCUT2D eigenvalue weighted by molar-refractivity contribution is 9.09. The van der Waals surface area contributed by atoms with Crippen LogP contribution in [0.3, 0.4) is 0 Å². The molecular weight excluding hydrogens is 470 g/mol. The number of rotatable bonds is 3. The van der Waals surface area contributed by atoms with E-state index in [0.29, 0.717) is 18.5 Å². The highest BCUT2D eigenvalue weighted by Crippen LogP contribution is 2.58. The quantitative estimate of drug-likeness (QED) is 0.665. The summed E-state index contributed by atoms with van der Waals surface area (Å²) in [5.74, 6) is -0.522. The standard InChI is InChI=1S/C21H20BrN3O4S/c1-30(28,29)25-16-10-6-5-9-14(16)21(22)12-17-18(26)23-15(19(27)24(17)20(21)25)11-13-7-3-2-4-8-13/h2-10,15,17,20H,11-12H2,1H3,(H,23,26)/t15-,17-,20-,21-/m0/s1. The molecule has 2 fully saturated rings. The van der Waals surface area contributed by atoms with E-state index in [2.05, 4.69) is 21.2 Å². The molecule has 2 amide bonds. The molecule has 156 valence electrons. The van der Waals surface area contributed by atoms with Gasteiger partial charge in [0.1, 0.15) is 18.2 Å². The summed E-state index contributed by atoms with van der Waals surface area (Å²) in [6.07, 6.45) is 0.955. The van der Waals surface area contributed by atoms with Crippen molar-refractivity contribution < 1.29 is 18.0 Å². The summed E-state index contributed by atoms with van der Waals surface area (Å²) >= 11 is 3.76. The van der Waals surface area contributed by atoms with Crippen LogP contribution in [0.15, 0.2) is 54.6 Å². The molecule has 0 unspecified atom stereocenters. The monoisotopic (exact) mass is 489 g/mol. The Bertz CT molecular complexity index is 1160. The lowest BCUT2D eigenvalue weighted by Crippen LogP contribution is -2.66. The zero-order chi connectivity index (χ0) is 21.3. The number of nitrogens with one attached hydrogen (secondary N) is 1. The molecule has 0 radical (unpaired) electrons. The molecule has 30 heavy (non-hydrogen) atoms. The van der Waals surface area contributed by atoms with E-state index in [-0.39, 0.29) is 11.8 Å². The maximum Gasteiger partial charge on any atom is 0.247 e. The maximum atomic E-state index is 13.5. The second kappa shape index (κ2) is 6.55. The van der Waals surface area contributed by atoms with E-state index in [4.69, 9.17) is 0 Å². The van der Waals surface area contributed by atoms with Gasteiger partial charge in [-0.05, 0) is 17.2 Å². The highest BCUT2D eigenvalue weighted by atomic mass is 79.9. The van der Waals surface area contributed by atoms with Gasteiger partial charge in [-0.15, -0.1) is 0 Å². The van der Waals surface area contributed by atoms with Crippen LogP contribution in [-0.4, -0.2) is 49.6 Å². The molecule has 4 atom stereocenters. The largest absolute Gasteiger partial charge is 0.342 e.